The maximum Gasteiger partial charge on any atom is 0.272 e. The Morgan fingerprint density at radius 3 is 2.92 bits per heavy atom. The topological polar surface area (TPSA) is 63.5 Å². The summed E-state index contributed by atoms with van der Waals surface area (Å²) in [5, 5.41) is 4.69. The molecule has 0 aliphatic carbocycles. The molecule has 0 atom stereocenters. The molecule has 0 spiro atoms. The number of nitrogens with one attached hydrogen (secondary N) is 1. The average Bonchev–Trinajstić information content (AvgIpc) is 3.21. The molecule has 0 fully saturated rings. The second kappa shape index (κ2) is 7.95. The summed E-state index contributed by atoms with van der Waals surface area (Å²) in [6.45, 7) is 1.76. The Balaban J connectivity index is 2.00. The number of thiazole rings is 1. The van der Waals surface area contributed by atoms with Gasteiger partial charge in [0, 0.05) is 23.6 Å². The van der Waals surface area contributed by atoms with Gasteiger partial charge in [0.2, 0.25) is 5.91 Å². The zero-order valence-corrected chi connectivity index (χ0v) is 15.6. The normalized spacial score (nSPS) is 11.8. The summed E-state index contributed by atoms with van der Waals surface area (Å²) >= 11 is 2.90. The molecule has 0 aliphatic rings. The van der Waals surface area contributed by atoms with E-state index in [2.05, 4.69) is 16.2 Å². The Morgan fingerprint density at radius 2 is 2.23 bits per heavy atom. The molecular weight excluding hydrogens is 366 g/mol. The number of benzene rings is 1. The molecule has 7 heteroatoms. The number of amides is 2. The summed E-state index contributed by atoms with van der Waals surface area (Å²) in [7, 11) is 0. The van der Waals surface area contributed by atoms with E-state index >= 15 is 0 Å². The van der Waals surface area contributed by atoms with Crippen molar-refractivity contribution in [3.63, 3.8) is 0 Å². The van der Waals surface area contributed by atoms with Crippen LogP contribution in [0, 0.1) is 12.3 Å². The van der Waals surface area contributed by atoms with Crippen molar-refractivity contribution in [3.8, 4) is 12.3 Å². The van der Waals surface area contributed by atoms with E-state index < -0.39 is 0 Å². The van der Waals surface area contributed by atoms with Gasteiger partial charge in [0.05, 0.1) is 16.8 Å². The van der Waals surface area contributed by atoms with Crippen LogP contribution in [0.5, 0.6) is 0 Å². The van der Waals surface area contributed by atoms with E-state index in [4.69, 9.17) is 6.42 Å². The molecule has 3 rings (SSSR count). The van der Waals surface area contributed by atoms with Crippen LogP contribution in [0.2, 0.25) is 0 Å². The number of carbonyl (C=O) groups is 2. The largest absolute Gasteiger partial charge is 0.326 e. The van der Waals surface area contributed by atoms with Gasteiger partial charge in [-0.2, -0.15) is 4.99 Å². The van der Waals surface area contributed by atoms with E-state index in [1.807, 2.05) is 34.2 Å². The fourth-order valence-corrected chi connectivity index (χ4v) is 4.05. The van der Waals surface area contributed by atoms with Crippen LogP contribution in [0.25, 0.3) is 16.3 Å². The van der Waals surface area contributed by atoms with Gasteiger partial charge in [0.15, 0.2) is 4.80 Å². The van der Waals surface area contributed by atoms with Crippen LogP contribution in [0.15, 0.2) is 46.8 Å². The van der Waals surface area contributed by atoms with Crippen molar-refractivity contribution in [1.29, 1.82) is 0 Å². The van der Waals surface area contributed by atoms with Gasteiger partial charge >= 0.3 is 0 Å². The van der Waals surface area contributed by atoms with E-state index in [0.29, 0.717) is 17.0 Å². The number of rotatable bonds is 4. The third kappa shape index (κ3) is 4.17. The number of anilines is 1. The number of aromatic nitrogens is 1. The zero-order valence-electron chi connectivity index (χ0n) is 13.9. The Hall–Kier alpha value is -2.95. The molecule has 3 aromatic rings. The van der Waals surface area contributed by atoms with Gasteiger partial charge in [0.1, 0.15) is 0 Å². The van der Waals surface area contributed by atoms with Crippen LogP contribution in [-0.4, -0.2) is 16.4 Å². The van der Waals surface area contributed by atoms with Crippen molar-refractivity contribution < 1.29 is 9.59 Å². The number of nitrogens with zero attached hydrogens (tertiary/aromatic N) is 2. The first-order chi connectivity index (χ1) is 12.6. The van der Waals surface area contributed by atoms with Gasteiger partial charge in [-0.15, -0.1) is 17.8 Å². The van der Waals surface area contributed by atoms with E-state index in [0.717, 1.165) is 15.1 Å². The Bertz CT molecular complexity index is 1100. The van der Waals surface area contributed by atoms with Crippen molar-refractivity contribution in [2.45, 2.75) is 13.5 Å². The van der Waals surface area contributed by atoms with E-state index in [1.54, 1.807) is 23.5 Å². The van der Waals surface area contributed by atoms with Crippen LogP contribution < -0.4 is 10.1 Å². The number of thiophene rings is 1. The Kier molecular flexibility index (Phi) is 5.46. The number of terminal acetylenes is 1. The molecule has 2 aromatic heterocycles. The van der Waals surface area contributed by atoms with Gasteiger partial charge < -0.3 is 9.88 Å². The van der Waals surface area contributed by atoms with Crippen LogP contribution in [0.4, 0.5) is 5.69 Å². The lowest BCUT2D eigenvalue weighted by Gasteiger charge is -2.03. The summed E-state index contributed by atoms with van der Waals surface area (Å²) < 4.78 is 2.70. The molecule has 1 N–H and O–H groups in total. The molecule has 2 amide bonds. The lowest BCUT2D eigenvalue weighted by Crippen LogP contribution is -2.15. The molecule has 0 unspecified atom stereocenters. The summed E-state index contributed by atoms with van der Waals surface area (Å²) in [6, 6.07) is 9.35. The van der Waals surface area contributed by atoms with Crippen molar-refractivity contribution in [1.82, 2.24) is 4.57 Å². The lowest BCUT2D eigenvalue weighted by molar-refractivity contribution is -0.114. The van der Waals surface area contributed by atoms with Crippen molar-refractivity contribution in [2.24, 2.45) is 4.99 Å². The molecule has 1 aromatic carbocycles. The highest BCUT2D eigenvalue weighted by Gasteiger charge is 2.08. The highest BCUT2D eigenvalue weighted by atomic mass is 32.1. The fourth-order valence-electron chi connectivity index (χ4n) is 2.35. The number of hydrogen-bond donors (Lipinski definition) is 1. The van der Waals surface area contributed by atoms with Crippen LogP contribution >= 0.6 is 22.7 Å². The Morgan fingerprint density at radius 1 is 1.38 bits per heavy atom. The zero-order chi connectivity index (χ0) is 18.5. The highest BCUT2D eigenvalue weighted by molar-refractivity contribution is 7.16. The van der Waals surface area contributed by atoms with Crippen molar-refractivity contribution in [3.05, 3.63) is 51.5 Å². The molecule has 0 saturated heterocycles. The van der Waals surface area contributed by atoms with Gasteiger partial charge in [-0.1, -0.05) is 23.3 Å². The first-order valence-electron chi connectivity index (χ1n) is 7.71. The van der Waals surface area contributed by atoms with E-state index in [1.165, 1.54) is 24.3 Å². The SMILES string of the molecule is C#CCn1c(=NC(=O)C=Cc2cccs2)sc2cc(NC(C)=O)ccc21. The predicted molar refractivity (Wildman–Crippen MR) is 107 cm³/mol. The third-order valence-electron chi connectivity index (χ3n) is 3.39. The smallest absolute Gasteiger partial charge is 0.272 e. The molecule has 0 radical (unpaired) electrons. The quantitative estimate of drug-likeness (QED) is 0.555. The van der Waals surface area contributed by atoms with Gasteiger partial charge in [-0.25, -0.2) is 0 Å². The van der Waals surface area contributed by atoms with Crippen LogP contribution in [0.3, 0.4) is 0 Å². The maximum absolute atomic E-state index is 12.2. The second-order valence-electron chi connectivity index (χ2n) is 5.34. The van der Waals surface area contributed by atoms with Crippen molar-refractivity contribution >= 4 is 56.5 Å². The minimum atomic E-state index is -0.349. The van der Waals surface area contributed by atoms with Crippen LogP contribution in [0.1, 0.15) is 11.8 Å². The number of fused-ring (bicyclic) bond motifs is 1. The van der Waals surface area contributed by atoms with Crippen LogP contribution in [-0.2, 0) is 16.1 Å². The summed E-state index contributed by atoms with van der Waals surface area (Å²) in [5.74, 6) is 2.10. The van der Waals surface area contributed by atoms with E-state index in [-0.39, 0.29) is 11.8 Å². The summed E-state index contributed by atoms with van der Waals surface area (Å²) in [6.07, 6.45) is 8.65. The lowest BCUT2D eigenvalue weighted by atomic mass is 10.3. The van der Waals surface area contributed by atoms with E-state index in [9.17, 15) is 9.59 Å². The standard InChI is InChI=1S/C19H15N3O2S2/c1-3-10-22-16-8-6-14(20-13(2)23)12-17(16)26-19(22)21-18(24)9-7-15-5-4-11-25-15/h1,4-9,11-12H,10H2,2H3,(H,20,23). The Labute approximate surface area is 158 Å². The fraction of sp³-hybridized carbons (Fsp3) is 0.105. The number of hydrogen-bond acceptors (Lipinski definition) is 4. The molecule has 0 saturated carbocycles. The summed E-state index contributed by atoms with van der Waals surface area (Å²) in [5.41, 5.74) is 1.56. The van der Waals surface area contributed by atoms with Gasteiger partial charge in [-0.3, -0.25) is 9.59 Å². The van der Waals surface area contributed by atoms with Gasteiger partial charge in [-0.05, 0) is 35.7 Å². The third-order valence-corrected chi connectivity index (χ3v) is 5.27. The molecule has 0 aliphatic heterocycles. The first-order valence-corrected chi connectivity index (χ1v) is 9.41. The molecule has 26 heavy (non-hydrogen) atoms. The first kappa shape index (κ1) is 17.9. The predicted octanol–water partition coefficient (Wildman–Crippen LogP) is 3.50. The minimum Gasteiger partial charge on any atom is -0.326 e. The average molecular weight is 381 g/mol. The molecule has 0 bridgehead atoms. The minimum absolute atomic E-state index is 0.142. The van der Waals surface area contributed by atoms with Gasteiger partial charge in [0.25, 0.3) is 5.91 Å². The highest BCUT2D eigenvalue weighted by Crippen LogP contribution is 2.22. The monoisotopic (exact) mass is 381 g/mol. The molecular formula is C19H15N3O2S2. The second-order valence-corrected chi connectivity index (χ2v) is 7.33. The van der Waals surface area contributed by atoms with Crippen molar-refractivity contribution in [2.75, 3.05) is 5.32 Å². The number of carbonyl (C=O) groups excluding carboxylic acids is 2. The molecule has 130 valence electrons. The maximum atomic E-state index is 12.2. The summed E-state index contributed by atoms with van der Waals surface area (Å²) in [4.78, 5) is 29.1. The molecule has 5 nitrogen and oxygen atoms in total. The molecule has 2 heterocycles.